The molecule has 1 saturated heterocycles. The van der Waals surface area contributed by atoms with Crippen molar-refractivity contribution in [3.05, 3.63) is 65.2 Å². The van der Waals surface area contributed by atoms with Crippen LogP contribution in [0.3, 0.4) is 0 Å². The first-order valence-electron chi connectivity index (χ1n) is 11.4. The summed E-state index contributed by atoms with van der Waals surface area (Å²) in [6.07, 6.45) is 0. The first kappa shape index (κ1) is 27.4. The molecule has 8 heteroatoms. The molecule has 0 unspecified atom stereocenters. The van der Waals surface area contributed by atoms with Gasteiger partial charge in [0.1, 0.15) is 5.75 Å². The van der Waals surface area contributed by atoms with Crippen LogP contribution >= 0.6 is 24.0 Å². The molecule has 0 bridgehead atoms. The maximum atomic E-state index is 5.82. The highest BCUT2D eigenvalue weighted by Crippen LogP contribution is 2.18. The number of benzene rings is 2. The van der Waals surface area contributed by atoms with Crippen LogP contribution in [0.1, 0.15) is 23.6 Å². The first-order valence-corrected chi connectivity index (χ1v) is 11.4. The molecule has 0 aliphatic carbocycles. The molecule has 1 aliphatic rings. The third-order valence-electron chi connectivity index (χ3n) is 5.36. The zero-order valence-corrected chi connectivity index (χ0v) is 22.0. The lowest BCUT2D eigenvalue weighted by atomic mass is 10.1. The molecule has 2 aromatic rings. The third-order valence-corrected chi connectivity index (χ3v) is 5.36. The second kappa shape index (κ2) is 15.9. The van der Waals surface area contributed by atoms with E-state index in [-0.39, 0.29) is 24.0 Å². The van der Waals surface area contributed by atoms with Crippen molar-refractivity contribution in [1.29, 1.82) is 0 Å². The minimum Gasteiger partial charge on any atom is -0.496 e. The van der Waals surface area contributed by atoms with Gasteiger partial charge in [-0.2, -0.15) is 0 Å². The molecule has 182 valence electrons. The summed E-state index contributed by atoms with van der Waals surface area (Å²) in [5.74, 6) is 1.65. The predicted molar refractivity (Wildman–Crippen MR) is 143 cm³/mol. The fraction of sp³-hybridized carbons (Fsp3) is 0.480. The highest BCUT2D eigenvalue weighted by Gasteiger charge is 2.12. The van der Waals surface area contributed by atoms with E-state index in [1.54, 1.807) is 7.11 Å². The summed E-state index contributed by atoms with van der Waals surface area (Å²) < 4.78 is 16.7. The molecule has 0 aromatic heterocycles. The zero-order valence-electron chi connectivity index (χ0n) is 19.7. The van der Waals surface area contributed by atoms with Crippen molar-refractivity contribution < 1.29 is 14.2 Å². The lowest BCUT2D eigenvalue weighted by Crippen LogP contribution is -2.39. The van der Waals surface area contributed by atoms with Gasteiger partial charge in [-0.1, -0.05) is 42.5 Å². The average Bonchev–Trinajstić information content (AvgIpc) is 2.84. The Morgan fingerprint density at radius 1 is 1.00 bits per heavy atom. The van der Waals surface area contributed by atoms with Crippen molar-refractivity contribution in [2.45, 2.75) is 26.6 Å². The van der Waals surface area contributed by atoms with E-state index < -0.39 is 0 Å². The number of methoxy groups -OCH3 is 1. The minimum atomic E-state index is 0. The molecule has 2 aromatic carbocycles. The summed E-state index contributed by atoms with van der Waals surface area (Å²) in [4.78, 5) is 7.24. The Bertz CT molecular complexity index is 844. The van der Waals surface area contributed by atoms with Crippen LogP contribution < -0.4 is 15.4 Å². The van der Waals surface area contributed by atoms with Gasteiger partial charge in [0.05, 0.1) is 40.1 Å². The number of para-hydroxylation sites is 1. The van der Waals surface area contributed by atoms with E-state index in [9.17, 15) is 0 Å². The zero-order chi connectivity index (χ0) is 22.4. The number of aliphatic imine (C=N–C) groups is 1. The molecule has 33 heavy (non-hydrogen) atoms. The summed E-state index contributed by atoms with van der Waals surface area (Å²) >= 11 is 0. The molecular weight excluding hydrogens is 531 g/mol. The Kier molecular flexibility index (Phi) is 13.2. The summed E-state index contributed by atoms with van der Waals surface area (Å²) in [6, 6.07) is 16.5. The second-order valence-electron chi connectivity index (χ2n) is 7.64. The summed E-state index contributed by atoms with van der Waals surface area (Å²) in [6.45, 7) is 9.83. The van der Waals surface area contributed by atoms with E-state index in [1.807, 2.05) is 24.3 Å². The number of guanidine groups is 1. The molecule has 1 heterocycles. The van der Waals surface area contributed by atoms with Crippen molar-refractivity contribution in [3.63, 3.8) is 0 Å². The number of nitrogens with zero attached hydrogens (tertiary/aromatic N) is 2. The van der Waals surface area contributed by atoms with E-state index in [0.717, 1.165) is 56.7 Å². The van der Waals surface area contributed by atoms with Gasteiger partial charge in [-0.25, -0.2) is 4.99 Å². The molecule has 1 fully saturated rings. The molecule has 0 radical (unpaired) electrons. The van der Waals surface area contributed by atoms with Gasteiger partial charge < -0.3 is 24.8 Å². The topological polar surface area (TPSA) is 67.4 Å². The second-order valence-corrected chi connectivity index (χ2v) is 7.64. The number of rotatable bonds is 11. The van der Waals surface area contributed by atoms with Crippen molar-refractivity contribution >= 4 is 29.9 Å². The minimum absolute atomic E-state index is 0. The van der Waals surface area contributed by atoms with Crippen LogP contribution in [0.4, 0.5) is 0 Å². The Morgan fingerprint density at radius 2 is 1.70 bits per heavy atom. The fourth-order valence-corrected chi connectivity index (χ4v) is 3.62. The van der Waals surface area contributed by atoms with E-state index in [2.05, 4.69) is 46.7 Å². The molecule has 7 nitrogen and oxygen atoms in total. The van der Waals surface area contributed by atoms with Crippen molar-refractivity contribution in [2.24, 2.45) is 4.99 Å². The molecular formula is C25H37IN4O3. The largest absolute Gasteiger partial charge is 0.496 e. The van der Waals surface area contributed by atoms with Gasteiger partial charge in [0.25, 0.3) is 0 Å². The van der Waals surface area contributed by atoms with Crippen LogP contribution in [-0.4, -0.2) is 64.0 Å². The smallest absolute Gasteiger partial charge is 0.191 e. The lowest BCUT2D eigenvalue weighted by Gasteiger charge is -2.27. The molecule has 0 amide bonds. The van der Waals surface area contributed by atoms with Gasteiger partial charge in [-0.05, 0) is 24.1 Å². The van der Waals surface area contributed by atoms with Crippen LogP contribution in [0.2, 0.25) is 0 Å². The van der Waals surface area contributed by atoms with E-state index in [4.69, 9.17) is 19.2 Å². The highest BCUT2D eigenvalue weighted by atomic mass is 127. The van der Waals surface area contributed by atoms with Crippen LogP contribution in [-0.2, 0) is 29.2 Å². The van der Waals surface area contributed by atoms with Gasteiger partial charge in [-0.15, -0.1) is 24.0 Å². The quantitative estimate of drug-likeness (QED) is 0.188. The molecule has 2 N–H and O–H groups in total. The Morgan fingerprint density at radius 3 is 2.42 bits per heavy atom. The van der Waals surface area contributed by atoms with E-state index in [1.165, 1.54) is 11.1 Å². The molecule has 1 aliphatic heterocycles. The standard InChI is InChI=1S/C25H36N4O3.HI/c1-3-26-25(27-12-15-32-20-23-10-6-7-11-24(23)30-2)28-18-21-8-4-5-9-22(21)19-29-13-16-31-17-14-29;/h4-11H,3,12-20H2,1-2H3,(H2,26,27,28);1H. The summed E-state index contributed by atoms with van der Waals surface area (Å²) in [5.41, 5.74) is 3.63. The highest BCUT2D eigenvalue weighted by molar-refractivity contribution is 14.0. The maximum absolute atomic E-state index is 5.82. The van der Waals surface area contributed by atoms with Gasteiger partial charge in [-0.3, -0.25) is 4.90 Å². The third kappa shape index (κ3) is 9.48. The Balaban J connectivity index is 0.00000385. The molecule has 3 rings (SSSR count). The van der Waals surface area contributed by atoms with E-state index in [0.29, 0.717) is 26.3 Å². The number of hydrogen-bond acceptors (Lipinski definition) is 5. The van der Waals surface area contributed by atoms with Crippen LogP contribution in [0.15, 0.2) is 53.5 Å². The number of halogens is 1. The first-order chi connectivity index (χ1) is 15.8. The number of ether oxygens (including phenoxy) is 3. The number of hydrogen-bond donors (Lipinski definition) is 2. The molecule has 0 atom stereocenters. The number of morpholine rings is 1. The van der Waals surface area contributed by atoms with Gasteiger partial charge in [0.15, 0.2) is 5.96 Å². The number of nitrogens with one attached hydrogen (secondary N) is 2. The Hall–Kier alpha value is -1.88. The summed E-state index contributed by atoms with van der Waals surface area (Å²) in [7, 11) is 1.68. The maximum Gasteiger partial charge on any atom is 0.191 e. The lowest BCUT2D eigenvalue weighted by molar-refractivity contribution is 0.0341. The fourth-order valence-electron chi connectivity index (χ4n) is 3.62. The van der Waals surface area contributed by atoms with E-state index >= 15 is 0 Å². The average molecular weight is 569 g/mol. The van der Waals surface area contributed by atoms with Crippen molar-refractivity contribution in [1.82, 2.24) is 15.5 Å². The monoisotopic (exact) mass is 568 g/mol. The predicted octanol–water partition coefficient (Wildman–Crippen LogP) is 3.42. The van der Waals surface area contributed by atoms with Crippen LogP contribution in [0, 0.1) is 0 Å². The molecule has 0 spiro atoms. The normalized spacial score (nSPS) is 14.4. The van der Waals surface area contributed by atoms with Gasteiger partial charge >= 0.3 is 0 Å². The van der Waals surface area contributed by atoms with Crippen molar-refractivity contribution in [3.8, 4) is 5.75 Å². The van der Waals surface area contributed by atoms with Crippen LogP contribution in [0.25, 0.3) is 0 Å². The Labute approximate surface area is 214 Å². The van der Waals surface area contributed by atoms with Gasteiger partial charge in [0.2, 0.25) is 0 Å². The van der Waals surface area contributed by atoms with Crippen LogP contribution in [0.5, 0.6) is 5.75 Å². The SMILES string of the molecule is CCNC(=NCc1ccccc1CN1CCOCC1)NCCOCc1ccccc1OC.I. The van der Waals surface area contributed by atoms with Gasteiger partial charge in [0, 0.05) is 38.3 Å². The summed E-state index contributed by atoms with van der Waals surface area (Å²) in [5, 5.41) is 6.68. The van der Waals surface area contributed by atoms with Crippen molar-refractivity contribution in [2.75, 3.05) is 53.1 Å². The molecule has 0 saturated carbocycles.